The lowest BCUT2D eigenvalue weighted by Crippen LogP contribution is -2.35. The zero-order chi connectivity index (χ0) is 23.2. The molecule has 0 bridgehead atoms. The van der Waals surface area contributed by atoms with Crippen molar-refractivity contribution in [2.45, 2.75) is 83.8 Å². The fourth-order valence-corrected chi connectivity index (χ4v) is 3.85. The van der Waals surface area contributed by atoms with Crippen LogP contribution in [-0.4, -0.2) is 27.1 Å². The Labute approximate surface area is 191 Å². The third kappa shape index (κ3) is 9.45. The SMILES string of the molecule is CCCCC(N[N+](=O)[O-])/C(C)=C\OC1CCC(c2ccccc2)CC1.Cc1ncccn1. The molecule has 1 unspecified atom stereocenters. The zero-order valence-electron chi connectivity index (χ0n) is 19.4. The molecule has 1 heterocycles. The van der Waals surface area contributed by atoms with E-state index >= 15 is 0 Å². The van der Waals surface area contributed by atoms with Gasteiger partial charge in [-0.15, -0.1) is 5.43 Å². The Morgan fingerprint density at radius 1 is 1.19 bits per heavy atom. The second kappa shape index (κ2) is 14.2. The van der Waals surface area contributed by atoms with E-state index in [0.717, 1.165) is 56.3 Å². The van der Waals surface area contributed by atoms with Gasteiger partial charge in [0.25, 0.3) is 0 Å². The van der Waals surface area contributed by atoms with Gasteiger partial charge in [-0.05, 0) is 69.1 Å². The average molecular weight is 441 g/mol. The molecule has 7 nitrogen and oxygen atoms in total. The summed E-state index contributed by atoms with van der Waals surface area (Å²) < 4.78 is 5.95. The van der Waals surface area contributed by atoms with Crippen molar-refractivity contribution in [2.24, 2.45) is 0 Å². The largest absolute Gasteiger partial charge is 0.498 e. The first-order valence-corrected chi connectivity index (χ1v) is 11.5. The number of hydrogen-bond donors (Lipinski definition) is 1. The predicted octanol–water partition coefficient (Wildman–Crippen LogP) is 5.76. The number of ether oxygens (including phenoxy) is 1. The Balaban J connectivity index is 0.000000439. The minimum atomic E-state index is -0.456. The summed E-state index contributed by atoms with van der Waals surface area (Å²) in [6.45, 7) is 5.86. The van der Waals surface area contributed by atoms with E-state index in [2.05, 4.69) is 52.6 Å². The quantitative estimate of drug-likeness (QED) is 0.303. The molecular weight excluding hydrogens is 404 g/mol. The van der Waals surface area contributed by atoms with Crippen LogP contribution < -0.4 is 5.43 Å². The average Bonchev–Trinajstić information content (AvgIpc) is 2.82. The van der Waals surface area contributed by atoms with Gasteiger partial charge in [0.05, 0.1) is 12.4 Å². The molecule has 1 fully saturated rings. The Hall–Kier alpha value is -2.96. The van der Waals surface area contributed by atoms with Crippen LogP contribution in [-0.2, 0) is 4.74 Å². The Kier molecular flexibility index (Phi) is 11.2. The topological polar surface area (TPSA) is 90.2 Å². The third-order valence-corrected chi connectivity index (χ3v) is 5.74. The first-order valence-electron chi connectivity index (χ1n) is 11.5. The van der Waals surface area contributed by atoms with Gasteiger partial charge in [0.2, 0.25) is 0 Å². The second-order valence-electron chi connectivity index (χ2n) is 8.26. The summed E-state index contributed by atoms with van der Waals surface area (Å²) in [5, 5.41) is 10.3. The van der Waals surface area contributed by atoms with Crippen molar-refractivity contribution in [1.82, 2.24) is 15.4 Å². The normalized spacial score (nSPS) is 19.3. The Morgan fingerprint density at radius 3 is 2.38 bits per heavy atom. The second-order valence-corrected chi connectivity index (χ2v) is 8.26. The van der Waals surface area contributed by atoms with Crippen LogP contribution in [0.5, 0.6) is 0 Å². The van der Waals surface area contributed by atoms with Gasteiger partial charge in [0.15, 0.2) is 5.03 Å². The molecule has 1 atom stereocenters. The molecule has 2 aromatic rings. The van der Waals surface area contributed by atoms with E-state index in [1.807, 2.05) is 13.8 Å². The number of hydrogen-bond acceptors (Lipinski definition) is 5. The van der Waals surface area contributed by atoms with Crippen molar-refractivity contribution in [3.63, 3.8) is 0 Å². The highest BCUT2D eigenvalue weighted by Crippen LogP contribution is 2.34. The molecule has 0 amide bonds. The van der Waals surface area contributed by atoms with Crippen molar-refractivity contribution in [3.05, 3.63) is 82.1 Å². The maximum absolute atomic E-state index is 10.8. The van der Waals surface area contributed by atoms with Gasteiger partial charge in [-0.25, -0.2) is 20.1 Å². The van der Waals surface area contributed by atoms with Crippen LogP contribution in [0.1, 0.15) is 76.1 Å². The van der Waals surface area contributed by atoms with Crippen molar-refractivity contribution in [2.75, 3.05) is 0 Å². The van der Waals surface area contributed by atoms with E-state index in [0.29, 0.717) is 5.92 Å². The van der Waals surface area contributed by atoms with Gasteiger partial charge < -0.3 is 4.74 Å². The number of nitrogens with zero attached hydrogens (tertiary/aromatic N) is 3. The van der Waals surface area contributed by atoms with Gasteiger partial charge in [0, 0.05) is 12.4 Å². The van der Waals surface area contributed by atoms with Crippen LogP contribution in [0.25, 0.3) is 0 Å². The number of rotatable bonds is 9. The van der Waals surface area contributed by atoms with E-state index < -0.39 is 5.03 Å². The van der Waals surface area contributed by atoms with Crippen LogP contribution in [0.4, 0.5) is 0 Å². The van der Waals surface area contributed by atoms with Crippen LogP contribution in [0.3, 0.4) is 0 Å². The fraction of sp³-hybridized carbons (Fsp3) is 0.520. The molecule has 1 saturated carbocycles. The zero-order valence-corrected chi connectivity index (χ0v) is 19.4. The number of benzene rings is 1. The monoisotopic (exact) mass is 440 g/mol. The van der Waals surface area contributed by atoms with Crippen LogP contribution in [0.2, 0.25) is 0 Å². The number of nitrogens with one attached hydrogen (secondary N) is 1. The number of aryl methyl sites for hydroxylation is 1. The number of aromatic nitrogens is 2. The molecule has 1 aliphatic carbocycles. The number of nitro groups is 1. The van der Waals surface area contributed by atoms with Crippen molar-refractivity contribution >= 4 is 0 Å². The minimum Gasteiger partial charge on any atom is -0.498 e. The van der Waals surface area contributed by atoms with E-state index in [-0.39, 0.29) is 12.1 Å². The van der Waals surface area contributed by atoms with Gasteiger partial charge in [0.1, 0.15) is 11.9 Å². The standard InChI is InChI=1S/C20H30N2O3.C5H6N2/c1-3-4-10-20(21-22(23)24)16(2)15-25-19-13-11-18(12-14-19)17-8-6-5-7-9-17;1-5-6-3-2-4-7-5/h5-9,15,18-21H,3-4,10-14H2,1-2H3;2-4H,1H3/b16-15-;. The van der Waals surface area contributed by atoms with Gasteiger partial charge in [-0.2, -0.15) is 0 Å². The van der Waals surface area contributed by atoms with Crippen LogP contribution in [0.15, 0.2) is 60.6 Å². The Morgan fingerprint density at radius 2 is 1.84 bits per heavy atom. The molecule has 0 saturated heterocycles. The lowest BCUT2D eigenvalue weighted by atomic mass is 9.83. The third-order valence-electron chi connectivity index (χ3n) is 5.74. The Bertz CT molecular complexity index is 806. The highest BCUT2D eigenvalue weighted by atomic mass is 16.7. The van der Waals surface area contributed by atoms with E-state index in [1.165, 1.54) is 5.56 Å². The molecule has 1 aliphatic rings. The maximum Gasteiger partial charge on any atom is 0.158 e. The van der Waals surface area contributed by atoms with Crippen molar-refractivity contribution in [1.29, 1.82) is 0 Å². The highest BCUT2D eigenvalue weighted by molar-refractivity contribution is 5.20. The molecule has 7 heteroatoms. The first-order chi connectivity index (χ1) is 15.5. The smallest absolute Gasteiger partial charge is 0.158 e. The summed E-state index contributed by atoms with van der Waals surface area (Å²) in [5.74, 6) is 1.45. The molecular formula is C25H36N4O3. The molecule has 32 heavy (non-hydrogen) atoms. The summed E-state index contributed by atoms with van der Waals surface area (Å²) in [4.78, 5) is 18.5. The lowest BCUT2D eigenvalue weighted by Gasteiger charge is -2.28. The van der Waals surface area contributed by atoms with Crippen molar-refractivity contribution in [3.8, 4) is 0 Å². The molecule has 1 aromatic heterocycles. The molecule has 1 aromatic carbocycles. The molecule has 0 spiro atoms. The number of hydrazine groups is 1. The van der Waals surface area contributed by atoms with Gasteiger partial charge in [-0.3, -0.25) is 0 Å². The summed E-state index contributed by atoms with van der Waals surface area (Å²) in [6, 6.07) is 12.2. The fourth-order valence-electron chi connectivity index (χ4n) is 3.85. The summed E-state index contributed by atoms with van der Waals surface area (Å²) >= 11 is 0. The molecule has 0 radical (unpaired) electrons. The molecule has 0 aliphatic heterocycles. The van der Waals surface area contributed by atoms with E-state index in [1.54, 1.807) is 24.7 Å². The van der Waals surface area contributed by atoms with Gasteiger partial charge >= 0.3 is 0 Å². The summed E-state index contributed by atoms with van der Waals surface area (Å²) in [7, 11) is 0. The molecule has 3 rings (SSSR count). The minimum absolute atomic E-state index is 0.220. The summed E-state index contributed by atoms with van der Waals surface area (Å²) in [6.07, 6.45) is 12.5. The summed E-state index contributed by atoms with van der Waals surface area (Å²) in [5.41, 5.74) is 4.72. The molecule has 174 valence electrons. The van der Waals surface area contributed by atoms with Crippen LogP contribution in [0, 0.1) is 17.0 Å². The van der Waals surface area contributed by atoms with Gasteiger partial charge in [-0.1, -0.05) is 50.1 Å². The highest BCUT2D eigenvalue weighted by Gasteiger charge is 2.23. The predicted molar refractivity (Wildman–Crippen MR) is 126 cm³/mol. The maximum atomic E-state index is 10.8. The van der Waals surface area contributed by atoms with Crippen LogP contribution >= 0.6 is 0 Å². The van der Waals surface area contributed by atoms with Crippen molar-refractivity contribution < 1.29 is 9.77 Å². The van der Waals surface area contributed by atoms with E-state index in [4.69, 9.17) is 4.74 Å². The van der Waals surface area contributed by atoms with E-state index in [9.17, 15) is 10.1 Å². The lowest BCUT2D eigenvalue weighted by molar-refractivity contribution is -0.549. The first kappa shape index (κ1) is 25.3. The number of unbranched alkanes of at least 4 members (excludes halogenated alkanes) is 1. The molecule has 1 N–H and O–H groups in total.